The standard InChI is InChI=1S/C14H22N2.2ClH/c1-12-8-9-16(11-14(12)15-2)10-13-6-4-3-5-7-13;;/h3-7,12,14-15H,8-11H2,1-2H3;2*1H/t12-,14?;;/m1../s1. The van der Waals surface area contributed by atoms with Gasteiger partial charge in [0.15, 0.2) is 0 Å². The van der Waals surface area contributed by atoms with Gasteiger partial charge in [0.2, 0.25) is 0 Å². The molecule has 18 heavy (non-hydrogen) atoms. The molecular formula is C14H24Cl2N2. The molecule has 0 amide bonds. The van der Waals surface area contributed by atoms with Crippen molar-refractivity contribution in [1.82, 2.24) is 10.2 Å². The molecule has 2 rings (SSSR count). The number of likely N-dealkylation sites (tertiary alicyclic amines) is 1. The molecule has 0 aromatic heterocycles. The molecular weight excluding hydrogens is 267 g/mol. The largest absolute Gasteiger partial charge is 0.315 e. The van der Waals surface area contributed by atoms with Crippen molar-refractivity contribution in [2.24, 2.45) is 5.92 Å². The molecule has 1 aromatic carbocycles. The summed E-state index contributed by atoms with van der Waals surface area (Å²) in [5.41, 5.74) is 1.42. The molecule has 0 spiro atoms. The monoisotopic (exact) mass is 290 g/mol. The first-order valence-electron chi connectivity index (χ1n) is 6.23. The van der Waals surface area contributed by atoms with Crippen LogP contribution < -0.4 is 5.32 Å². The second-order valence-electron chi connectivity index (χ2n) is 4.88. The van der Waals surface area contributed by atoms with E-state index < -0.39 is 0 Å². The highest BCUT2D eigenvalue weighted by Gasteiger charge is 2.24. The zero-order chi connectivity index (χ0) is 11.4. The predicted molar refractivity (Wildman–Crippen MR) is 82.8 cm³/mol. The van der Waals surface area contributed by atoms with Crippen molar-refractivity contribution in [2.45, 2.75) is 25.9 Å². The zero-order valence-electron chi connectivity index (χ0n) is 11.1. The number of nitrogens with one attached hydrogen (secondary N) is 1. The van der Waals surface area contributed by atoms with Gasteiger partial charge in [-0.15, -0.1) is 24.8 Å². The maximum Gasteiger partial charge on any atom is 0.0234 e. The van der Waals surface area contributed by atoms with Crippen molar-refractivity contribution < 1.29 is 0 Å². The van der Waals surface area contributed by atoms with Crippen LogP contribution in [0.5, 0.6) is 0 Å². The molecule has 0 bridgehead atoms. The van der Waals surface area contributed by atoms with Gasteiger partial charge in [-0.1, -0.05) is 37.3 Å². The first-order chi connectivity index (χ1) is 7.79. The molecule has 2 atom stereocenters. The summed E-state index contributed by atoms with van der Waals surface area (Å²) in [5.74, 6) is 0.803. The van der Waals surface area contributed by atoms with Gasteiger partial charge in [-0.3, -0.25) is 4.90 Å². The highest BCUT2D eigenvalue weighted by molar-refractivity contribution is 5.85. The first kappa shape index (κ1) is 17.7. The normalized spacial score (nSPS) is 23.9. The van der Waals surface area contributed by atoms with Crippen LogP contribution in [0.2, 0.25) is 0 Å². The summed E-state index contributed by atoms with van der Waals surface area (Å²) in [4.78, 5) is 2.55. The summed E-state index contributed by atoms with van der Waals surface area (Å²) >= 11 is 0. The van der Waals surface area contributed by atoms with Gasteiger partial charge in [0.25, 0.3) is 0 Å². The van der Waals surface area contributed by atoms with Gasteiger partial charge in [-0.2, -0.15) is 0 Å². The van der Waals surface area contributed by atoms with Crippen LogP contribution in [-0.2, 0) is 6.54 Å². The zero-order valence-corrected chi connectivity index (χ0v) is 12.8. The maximum absolute atomic E-state index is 3.43. The lowest BCUT2D eigenvalue weighted by Gasteiger charge is -2.37. The molecule has 1 aliphatic heterocycles. The first-order valence-corrected chi connectivity index (χ1v) is 6.23. The number of benzene rings is 1. The third kappa shape index (κ3) is 4.77. The van der Waals surface area contributed by atoms with E-state index in [0.29, 0.717) is 6.04 Å². The Hall–Kier alpha value is -0.280. The molecule has 2 nitrogen and oxygen atoms in total. The van der Waals surface area contributed by atoms with Crippen LogP contribution in [0.15, 0.2) is 30.3 Å². The molecule has 104 valence electrons. The van der Waals surface area contributed by atoms with E-state index in [2.05, 4.69) is 54.5 Å². The Labute approximate surface area is 123 Å². The van der Waals surface area contributed by atoms with Crippen LogP contribution in [-0.4, -0.2) is 31.1 Å². The van der Waals surface area contributed by atoms with Crippen molar-refractivity contribution in [1.29, 1.82) is 0 Å². The minimum absolute atomic E-state index is 0. The smallest absolute Gasteiger partial charge is 0.0234 e. The van der Waals surface area contributed by atoms with Gasteiger partial charge in [0, 0.05) is 19.1 Å². The van der Waals surface area contributed by atoms with E-state index in [1.807, 2.05) is 0 Å². The lowest BCUT2D eigenvalue weighted by molar-refractivity contribution is 0.147. The lowest BCUT2D eigenvalue weighted by atomic mass is 9.93. The Kier molecular flexibility index (Phi) is 8.62. The molecule has 1 N–H and O–H groups in total. The van der Waals surface area contributed by atoms with Crippen LogP contribution >= 0.6 is 24.8 Å². The Balaban J connectivity index is 0.00000144. The number of halogens is 2. The highest BCUT2D eigenvalue weighted by Crippen LogP contribution is 2.18. The van der Waals surface area contributed by atoms with Gasteiger partial charge >= 0.3 is 0 Å². The summed E-state index contributed by atoms with van der Waals surface area (Å²) in [5, 5.41) is 3.43. The Morgan fingerprint density at radius 3 is 2.50 bits per heavy atom. The summed E-state index contributed by atoms with van der Waals surface area (Å²) in [7, 11) is 2.08. The molecule has 1 fully saturated rings. The van der Waals surface area contributed by atoms with E-state index in [4.69, 9.17) is 0 Å². The van der Waals surface area contributed by atoms with Gasteiger partial charge in [0.05, 0.1) is 0 Å². The van der Waals surface area contributed by atoms with Gasteiger partial charge in [-0.05, 0) is 31.5 Å². The number of likely N-dealkylation sites (N-methyl/N-ethyl adjacent to an activating group) is 1. The second kappa shape index (κ2) is 8.76. The fraction of sp³-hybridized carbons (Fsp3) is 0.571. The molecule has 0 saturated carbocycles. The molecule has 1 aromatic rings. The Morgan fingerprint density at radius 1 is 1.22 bits per heavy atom. The SMILES string of the molecule is CNC1CN(Cc2ccccc2)CC[C@H]1C.Cl.Cl. The molecule has 1 heterocycles. The third-order valence-corrected chi connectivity index (χ3v) is 3.66. The van der Waals surface area contributed by atoms with E-state index in [1.165, 1.54) is 25.1 Å². The van der Waals surface area contributed by atoms with Gasteiger partial charge in [0.1, 0.15) is 0 Å². The number of hydrogen-bond acceptors (Lipinski definition) is 2. The Morgan fingerprint density at radius 2 is 1.89 bits per heavy atom. The summed E-state index contributed by atoms with van der Waals surface area (Å²) in [6.45, 7) is 5.84. The van der Waals surface area contributed by atoms with Crippen LogP contribution in [0.25, 0.3) is 0 Å². The van der Waals surface area contributed by atoms with Gasteiger partial charge < -0.3 is 5.32 Å². The molecule has 0 aliphatic carbocycles. The second-order valence-corrected chi connectivity index (χ2v) is 4.88. The molecule has 4 heteroatoms. The van der Waals surface area contributed by atoms with E-state index in [1.54, 1.807) is 0 Å². The number of piperidine rings is 1. The van der Waals surface area contributed by atoms with E-state index in [9.17, 15) is 0 Å². The molecule has 1 saturated heterocycles. The van der Waals surface area contributed by atoms with Crippen LogP contribution in [0, 0.1) is 5.92 Å². The number of nitrogens with zero attached hydrogens (tertiary/aromatic N) is 1. The molecule has 0 radical (unpaired) electrons. The highest BCUT2D eigenvalue weighted by atomic mass is 35.5. The summed E-state index contributed by atoms with van der Waals surface area (Å²) in [6.07, 6.45) is 1.30. The van der Waals surface area contributed by atoms with E-state index in [-0.39, 0.29) is 24.8 Å². The van der Waals surface area contributed by atoms with Crippen LogP contribution in [0.3, 0.4) is 0 Å². The minimum Gasteiger partial charge on any atom is -0.315 e. The maximum atomic E-state index is 3.43. The average molecular weight is 291 g/mol. The summed E-state index contributed by atoms with van der Waals surface area (Å²) < 4.78 is 0. The Bertz CT molecular complexity index is 319. The van der Waals surface area contributed by atoms with Crippen molar-refractivity contribution in [3.05, 3.63) is 35.9 Å². The minimum atomic E-state index is 0. The van der Waals surface area contributed by atoms with Crippen molar-refractivity contribution >= 4 is 24.8 Å². The topological polar surface area (TPSA) is 15.3 Å². The fourth-order valence-corrected chi connectivity index (χ4v) is 2.50. The van der Waals surface area contributed by atoms with Crippen LogP contribution in [0.1, 0.15) is 18.9 Å². The molecule has 1 aliphatic rings. The van der Waals surface area contributed by atoms with Crippen molar-refractivity contribution in [3.8, 4) is 0 Å². The number of rotatable bonds is 3. The van der Waals surface area contributed by atoms with E-state index >= 15 is 0 Å². The van der Waals surface area contributed by atoms with Crippen molar-refractivity contribution in [3.63, 3.8) is 0 Å². The number of hydrogen-bond donors (Lipinski definition) is 1. The average Bonchev–Trinajstić information content (AvgIpc) is 2.33. The third-order valence-electron chi connectivity index (χ3n) is 3.66. The van der Waals surface area contributed by atoms with Crippen LogP contribution in [0.4, 0.5) is 0 Å². The quantitative estimate of drug-likeness (QED) is 0.921. The summed E-state index contributed by atoms with van der Waals surface area (Å²) in [6, 6.07) is 11.4. The predicted octanol–water partition coefficient (Wildman–Crippen LogP) is 2.96. The van der Waals surface area contributed by atoms with Gasteiger partial charge in [-0.25, -0.2) is 0 Å². The lowest BCUT2D eigenvalue weighted by Crippen LogP contribution is -2.48. The van der Waals surface area contributed by atoms with E-state index in [0.717, 1.165) is 12.5 Å². The van der Waals surface area contributed by atoms with Crippen molar-refractivity contribution in [2.75, 3.05) is 20.1 Å². The molecule has 1 unspecified atom stereocenters. The fourth-order valence-electron chi connectivity index (χ4n) is 2.50.